The van der Waals surface area contributed by atoms with Gasteiger partial charge >= 0.3 is 0 Å². The topological polar surface area (TPSA) is 67.6 Å². The maximum atomic E-state index is 8.30. The first kappa shape index (κ1) is 8.60. The average molecular weight is 164 g/mol. The molecule has 0 aliphatic heterocycles. The maximum Gasteiger partial charge on any atom is 0.148 e. The van der Waals surface area contributed by atoms with E-state index in [-0.39, 0.29) is 0 Å². The van der Waals surface area contributed by atoms with Crippen LogP contribution in [0.4, 0.5) is 5.82 Å². The number of hydrogen-bond donors (Lipinski definition) is 1. The first-order chi connectivity index (χ1) is 5.74. The number of aryl methyl sites for hydroxylation is 2. The molecule has 64 valence electrons. The van der Waals surface area contributed by atoms with Gasteiger partial charge in [0.2, 0.25) is 0 Å². The van der Waals surface area contributed by atoms with Gasteiger partial charge in [-0.3, -0.25) is 4.68 Å². The molecule has 0 fully saturated rings. The molecule has 0 unspecified atom stereocenters. The van der Waals surface area contributed by atoms with Crippen LogP contribution >= 0.6 is 0 Å². The number of nitrogens with two attached hydrogens (primary N) is 1. The smallest absolute Gasteiger partial charge is 0.148 e. The van der Waals surface area contributed by atoms with E-state index in [1.807, 2.05) is 13.1 Å². The lowest BCUT2D eigenvalue weighted by Gasteiger charge is -1.95. The van der Waals surface area contributed by atoms with Gasteiger partial charge in [0.25, 0.3) is 0 Å². The van der Waals surface area contributed by atoms with Crippen molar-refractivity contribution in [3.63, 3.8) is 0 Å². The van der Waals surface area contributed by atoms with E-state index in [0.717, 1.165) is 18.5 Å². The highest BCUT2D eigenvalue weighted by Crippen LogP contribution is 2.06. The van der Waals surface area contributed by atoms with Crippen molar-refractivity contribution in [1.82, 2.24) is 9.78 Å². The van der Waals surface area contributed by atoms with Crippen molar-refractivity contribution < 1.29 is 0 Å². The zero-order valence-electron chi connectivity index (χ0n) is 7.12. The number of anilines is 1. The Labute approximate surface area is 71.6 Å². The molecule has 0 spiro atoms. The molecule has 1 aromatic rings. The zero-order chi connectivity index (χ0) is 8.97. The number of hydrogen-bond acceptors (Lipinski definition) is 3. The second kappa shape index (κ2) is 3.77. The molecule has 1 heterocycles. The minimum atomic E-state index is 0.568. The van der Waals surface area contributed by atoms with Gasteiger partial charge in [0.15, 0.2) is 0 Å². The quantitative estimate of drug-likeness (QED) is 0.679. The first-order valence-electron chi connectivity index (χ1n) is 3.90. The fourth-order valence-electron chi connectivity index (χ4n) is 0.970. The SMILES string of the molecule is Cc1cn(CCCC#N)nc1N. The molecule has 0 aliphatic carbocycles. The van der Waals surface area contributed by atoms with Gasteiger partial charge in [0, 0.05) is 24.7 Å². The minimum Gasteiger partial charge on any atom is -0.382 e. The highest BCUT2D eigenvalue weighted by atomic mass is 15.3. The van der Waals surface area contributed by atoms with E-state index in [9.17, 15) is 0 Å². The number of nitrogen functional groups attached to an aromatic ring is 1. The van der Waals surface area contributed by atoms with E-state index < -0.39 is 0 Å². The van der Waals surface area contributed by atoms with E-state index in [1.54, 1.807) is 4.68 Å². The van der Waals surface area contributed by atoms with E-state index in [1.165, 1.54) is 0 Å². The molecule has 0 aromatic carbocycles. The van der Waals surface area contributed by atoms with Crippen molar-refractivity contribution >= 4 is 5.82 Å². The van der Waals surface area contributed by atoms with Crippen molar-refractivity contribution in [3.05, 3.63) is 11.8 Å². The van der Waals surface area contributed by atoms with Crippen LogP contribution in [0.3, 0.4) is 0 Å². The molecule has 0 bridgehead atoms. The molecule has 2 N–H and O–H groups in total. The number of unbranched alkanes of at least 4 members (excludes halogenated alkanes) is 1. The van der Waals surface area contributed by atoms with Crippen LogP contribution in [-0.2, 0) is 6.54 Å². The number of nitrogens with zero attached hydrogens (tertiary/aromatic N) is 3. The number of nitriles is 1. The van der Waals surface area contributed by atoms with E-state index in [4.69, 9.17) is 11.0 Å². The fourth-order valence-corrected chi connectivity index (χ4v) is 0.970. The molecular weight excluding hydrogens is 152 g/mol. The van der Waals surface area contributed by atoms with Crippen LogP contribution in [0, 0.1) is 18.3 Å². The third kappa shape index (κ3) is 1.99. The van der Waals surface area contributed by atoms with Crippen molar-refractivity contribution in [1.29, 1.82) is 5.26 Å². The normalized spacial score (nSPS) is 9.67. The predicted octanol–water partition coefficient (Wildman–Crippen LogP) is 1.08. The van der Waals surface area contributed by atoms with Gasteiger partial charge in [0.05, 0.1) is 6.07 Å². The van der Waals surface area contributed by atoms with Crippen molar-refractivity contribution in [2.75, 3.05) is 5.73 Å². The van der Waals surface area contributed by atoms with Gasteiger partial charge in [-0.1, -0.05) is 0 Å². The van der Waals surface area contributed by atoms with Crippen LogP contribution in [-0.4, -0.2) is 9.78 Å². The monoisotopic (exact) mass is 164 g/mol. The lowest BCUT2D eigenvalue weighted by molar-refractivity contribution is 0.587. The average Bonchev–Trinajstić information content (AvgIpc) is 2.32. The summed E-state index contributed by atoms with van der Waals surface area (Å²) in [5.74, 6) is 0.576. The summed E-state index contributed by atoms with van der Waals surface area (Å²) in [5.41, 5.74) is 6.54. The Bertz CT molecular complexity index is 275. The van der Waals surface area contributed by atoms with Gasteiger partial charge in [0.1, 0.15) is 5.82 Å². The summed E-state index contributed by atoms with van der Waals surface area (Å²) >= 11 is 0. The maximum absolute atomic E-state index is 8.30. The van der Waals surface area contributed by atoms with Crippen LogP contribution in [0.15, 0.2) is 6.20 Å². The van der Waals surface area contributed by atoms with Crippen molar-refractivity contribution in [3.8, 4) is 6.07 Å². The summed E-state index contributed by atoms with van der Waals surface area (Å²) in [4.78, 5) is 0. The Kier molecular flexibility index (Phi) is 2.70. The summed E-state index contributed by atoms with van der Waals surface area (Å²) in [6, 6.07) is 2.09. The lowest BCUT2D eigenvalue weighted by atomic mass is 10.3. The predicted molar refractivity (Wildman–Crippen MR) is 46.2 cm³/mol. The molecule has 0 saturated carbocycles. The Morgan fingerprint density at radius 3 is 3.00 bits per heavy atom. The van der Waals surface area contributed by atoms with E-state index in [0.29, 0.717) is 12.2 Å². The third-order valence-corrected chi connectivity index (χ3v) is 1.66. The largest absolute Gasteiger partial charge is 0.382 e. The molecule has 4 heteroatoms. The Morgan fingerprint density at radius 2 is 2.50 bits per heavy atom. The molecule has 0 aliphatic rings. The van der Waals surface area contributed by atoms with Gasteiger partial charge in [-0.25, -0.2) is 0 Å². The molecular formula is C8H12N4. The highest BCUT2D eigenvalue weighted by Gasteiger charge is 1.99. The molecule has 12 heavy (non-hydrogen) atoms. The molecule has 1 rings (SSSR count). The van der Waals surface area contributed by atoms with Crippen LogP contribution in [0.25, 0.3) is 0 Å². The van der Waals surface area contributed by atoms with Crippen LogP contribution in [0.2, 0.25) is 0 Å². The highest BCUT2D eigenvalue weighted by molar-refractivity contribution is 5.35. The molecule has 0 radical (unpaired) electrons. The number of aromatic nitrogens is 2. The van der Waals surface area contributed by atoms with Gasteiger partial charge < -0.3 is 5.73 Å². The molecule has 1 aromatic heterocycles. The van der Waals surface area contributed by atoms with Gasteiger partial charge in [-0.15, -0.1) is 0 Å². The van der Waals surface area contributed by atoms with Crippen LogP contribution in [0.5, 0.6) is 0 Å². The fraction of sp³-hybridized carbons (Fsp3) is 0.500. The summed E-state index contributed by atoms with van der Waals surface area (Å²) in [5, 5.41) is 12.4. The van der Waals surface area contributed by atoms with Gasteiger partial charge in [-0.2, -0.15) is 10.4 Å². The van der Waals surface area contributed by atoms with E-state index in [2.05, 4.69) is 11.2 Å². The summed E-state index contributed by atoms with van der Waals surface area (Å²) < 4.78 is 1.78. The standard InChI is InChI=1S/C8H12N4/c1-7-6-12(11-8(7)10)5-3-2-4-9/h6H,2-3,5H2,1H3,(H2,10,11). The third-order valence-electron chi connectivity index (χ3n) is 1.66. The van der Waals surface area contributed by atoms with Gasteiger partial charge in [-0.05, 0) is 13.3 Å². The van der Waals surface area contributed by atoms with Crippen molar-refractivity contribution in [2.24, 2.45) is 0 Å². The Morgan fingerprint density at radius 1 is 1.75 bits per heavy atom. The summed E-state index contributed by atoms with van der Waals surface area (Å²) in [6.45, 7) is 2.69. The molecule has 0 amide bonds. The van der Waals surface area contributed by atoms with E-state index >= 15 is 0 Å². The van der Waals surface area contributed by atoms with Crippen molar-refractivity contribution in [2.45, 2.75) is 26.3 Å². The first-order valence-corrected chi connectivity index (χ1v) is 3.90. The molecule has 0 atom stereocenters. The number of rotatable bonds is 3. The second-order valence-corrected chi connectivity index (χ2v) is 2.72. The summed E-state index contributed by atoms with van der Waals surface area (Å²) in [7, 11) is 0. The Balaban J connectivity index is 2.48. The second-order valence-electron chi connectivity index (χ2n) is 2.72. The molecule has 0 saturated heterocycles. The van der Waals surface area contributed by atoms with Crippen LogP contribution in [0.1, 0.15) is 18.4 Å². The van der Waals surface area contributed by atoms with Crippen LogP contribution < -0.4 is 5.73 Å². The minimum absolute atomic E-state index is 0.568. The molecule has 4 nitrogen and oxygen atoms in total. The zero-order valence-corrected chi connectivity index (χ0v) is 7.12. The Hall–Kier alpha value is -1.50. The lowest BCUT2D eigenvalue weighted by Crippen LogP contribution is -1.98. The summed E-state index contributed by atoms with van der Waals surface area (Å²) in [6.07, 6.45) is 3.29.